The first-order chi connectivity index (χ1) is 27.5. The minimum atomic E-state index is -0.148. The van der Waals surface area contributed by atoms with Crippen LogP contribution in [0.1, 0.15) is 25.0 Å². The lowest BCUT2D eigenvalue weighted by molar-refractivity contribution is 0.667. The predicted octanol–water partition coefficient (Wildman–Crippen LogP) is 16.0. The average molecular weight is 729 g/mol. The van der Waals surface area contributed by atoms with E-state index in [1.807, 2.05) is 11.3 Å². The third kappa shape index (κ3) is 4.47. The molecule has 1 heteroatoms. The summed E-state index contributed by atoms with van der Waals surface area (Å²) in [7, 11) is 0. The third-order valence-corrected chi connectivity index (χ3v) is 13.7. The summed E-state index contributed by atoms with van der Waals surface area (Å²) in [6.07, 6.45) is 0. The highest BCUT2D eigenvalue weighted by molar-refractivity contribution is 7.26. The summed E-state index contributed by atoms with van der Waals surface area (Å²) >= 11 is 1.91. The molecule has 0 saturated heterocycles. The maximum atomic E-state index is 2.50. The maximum Gasteiger partial charge on any atom is 0.0361 e. The highest BCUT2D eigenvalue weighted by Crippen LogP contribution is 2.55. The van der Waals surface area contributed by atoms with E-state index < -0.39 is 0 Å². The minimum absolute atomic E-state index is 0.148. The molecule has 0 radical (unpaired) electrons. The summed E-state index contributed by atoms with van der Waals surface area (Å²) in [5.74, 6) is 0. The van der Waals surface area contributed by atoms with Crippen LogP contribution in [0.25, 0.3) is 108 Å². The Balaban J connectivity index is 1.09. The van der Waals surface area contributed by atoms with Crippen LogP contribution >= 0.6 is 11.3 Å². The highest BCUT2D eigenvalue weighted by Gasteiger charge is 2.38. The summed E-state index contributed by atoms with van der Waals surface area (Å²) < 4.78 is 2.71. The van der Waals surface area contributed by atoms with Gasteiger partial charge in [0.05, 0.1) is 0 Å². The third-order valence-electron chi connectivity index (χ3n) is 12.6. The number of benzene rings is 10. The van der Waals surface area contributed by atoms with Gasteiger partial charge in [-0.05, 0) is 129 Å². The molecule has 0 amide bonds. The molecule has 10 aromatic carbocycles. The lowest BCUT2D eigenvalue weighted by Crippen LogP contribution is -2.15. The Bertz CT molecular complexity index is 3380. The second-order valence-corrected chi connectivity index (χ2v) is 17.1. The first-order valence-electron chi connectivity index (χ1n) is 19.6. The molecule has 0 bridgehead atoms. The Morgan fingerprint density at radius 2 is 0.911 bits per heavy atom. The Hall–Kier alpha value is -6.54. The summed E-state index contributed by atoms with van der Waals surface area (Å²) in [6, 6.07) is 68.2. The van der Waals surface area contributed by atoms with Gasteiger partial charge in [-0.1, -0.05) is 166 Å². The van der Waals surface area contributed by atoms with Crippen molar-refractivity contribution >= 4 is 74.6 Å². The molecule has 11 aromatic rings. The van der Waals surface area contributed by atoms with E-state index in [9.17, 15) is 0 Å². The van der Waals surface area contributed by atoms with Crippen LogP contribution in [0.15, 0.2) is 182 Å². The molecule has 12 rings (SSSR count). The molecule has 0 unspecified atom stereocenters. The Morgan fingerprint density at radius 1 is 0.357 bits per heavy atom. The zero-order valence-corrected chi connectivity index (χ0v) is 32.0. The van der Waals surface area contributed by atoms with Crippen LogP contribution in [-0.2, 0) is 5.41 Å². The molecule has 0 saturated carbocycles. The number of thiophene rings is 1. The van der Waals surface area contributed by atoms with Crippen LogP contribution in [-0.4, -0.2) is 0 Å². The van der Waals surface area contributed by atoms with Crippen molar-refractivity contribution in [3.63, 3.8) is 0 Å². The van der Waals surface area contributed by atoms with Crippen molar-refractivity contribution in [1.29, 1.82) is 0 Å². The van der Waals surface area contributed by atoms with Gasteiger partial charge in [0.25, 0.3) is 0 Å². The fourth-order valence-electron chi connectivity index (χ4n) is 10.1. The van der Waals surface area contributed by atoms with Crippen molar-refractivity contribution in [2.45, 2.75) is 19.3 Å². The van der Waals surface area contributed by atoms with Gasteiger partial charge < -0.3 is 0 Å². The number of hydrogen-bond donors (Lipinski definition) is 0. The van der Waals surface area contributed by atoms with Crippen molar-refractivity contribution in [2.75, 3.05) is 0 Å². The summed E-state index contributed by atoms with van der Waals surface area (Å²) in [5, 5.41) is 13.1. The molecule has 1 heterocycles. The van der Waals surface area contributed by atoms with Gasteiger partial charge in [-0.15, -0.1) is 11.3 Å². The molecule has 0 nitrogen and oxygen atoms in total. The molecule has 56 heavy (non-hydrogen) atoms. The van der Waals surface area contributed by atoms with Gasteiger partial charge in [-0.25, -0.2) is 0 Å². The second kappa shape index (κ2) is 11.7. The van der Waals surface area contributed by atoms with Crippen molar-refractivity contribution in [1.82, 2.24) is 0 Å². The lowest BCUT2D eigenvalue weighted by atomic mass is 9.79. The smallest absolute Gasteiger partial charge is 0.0361 e. The van der Waals surface area contributed by atoms with Crippen molar-refractivity contribution in [2.24, 2.45) is 0 Å². The SMILES string of the molecule is CC1(C)c2ccc(-c3c4ccccc4c(-c4ccc5ccc(-c6ccccc6)cc5c4)c4ccccc34)cc2-c2ccc3ccc4sc5ccccc5c4c3c21. The first-order valence-corrected chi connectivity index (χ1v) is 20.4. The van der Waals surface area contributed by atoms with E-state index >= 15 is 0 Å². The Morgan fingerprint density at radius 3 is 1.62 bits per heavy atom. The van der Waals surface area contributed by atoms with Crippen molar-refractivity contribution < 1.29 is 0 Å². The molecule has 1 aromatic heterocycles. The summed E-state index contributed by atoms with van der Waals surface area (Å²) in [4.78, 5) is 0. The molecule has 0 atom stereocenters. The van der Waals surface area contributed by atoms with Crippen LogP contribution in [0, 0.1) is 0 Å². The standard InChI is InChI=1S/C55H36S/c1-55(2)47-28-25-38(32-46(47)44-27-24-35-26-29-49-53(52(35)54(44)55)45-18-10-11-19-48(45)56-49)51-42-16-8-6-14-40(42)50(41-15-7-9-17-43(41)51)37-23-21-34-20-22-36(30-39(34)31-37)33-12-4-3-5-13-33/h3-32H,1-2H3. The lowest BCUT2D eigenvalue weighted by Gasteiger charge is -2.24. The second-order valence-electron chi connectivity index (χ2n) is 16.0. The molecular weight excluding hydrogens is 693 g/mol. The fraction of sp³-hybridized carbons (Fsp3) is 0.0545. The molecule has 1 aliphatic carbocycles. The van der Waals surface area contributed by atoms with Crippen molar-refractivity contribution in [3.8, 4) is 44.5 Å². The average Bonchev–Trinajstić information content (AvgIpc) is 3.74. The van der Waals surface area contributed by atoms with Crippen LogP contribution in [0.3, 0.4) is 0 Å². The van der Waals surface area contributed by atoms with E-state index in [1.54, 1.807) is 0 Å². The molecule has 0 N–H and O–H groups in total. The molecular formula is C55H36S. The largest absolute Gasteiger partial charge is 0.135 e. The van der Waals surface area contributed by atoms with E-state index in [2.05, 4.69) is 196 Å². The van der Waals surface area contributed by atoms with Crippen molar-refractivity contribution in [3.05, 3.63) is 193 Å². The van der Waals surface area contributed by atoms with E-state index in [1.165, 1.54) is 119 Å². The normalized spacial score (nSPS) is 13.3. The monoisotopic (exact) mass is 728 g/mol. The van der Waals surface area contributed by atoms with Crippen LogP contribution in [0.4, 0.5) is 0 Å². The molecule has 0 fully saturated rings. The van der Waals surface area contributed by atoms with E-state index in [0.29, 0.717) is 0 Å². The van der Waals surface area contributed by atoms with Crippen LogP contribution < -0.4 is 0 Å². The van der Waals surface area contributed by atoms with E-state index in [-0.39, 0.29) is 5.41 Å². The molecule has 262 valence electrons. The Kier molecular flexibility index (Phi) is 6.66. The van der Waals surface area contributed by atoms with Gasteiger partial charge in [-0.3, -0.25) is 0 Å². The van der Waals surface area contributed by atoms with E-state index in [0.717, 1.165) is 0 Å². The van der Waals surface area contributed by atoms with Gasteiger partial charge in [0.15, 0.2) is 0 Å². The molecule has 1 aliphatic rings. The minimum Gasteiger partial charge on any atom is -0.135 e. The molecule has 0 spiro atoms. The number of hydrogen-bond acceptors (Lipinski definition) is 1. The van der Waals surface area contributed by atoms with Gasteiger partial charge in [0, 0.05) is 25.6 Å². The summed E-state index contributed by atoms with van der Waals surface area (Å²) in [6.45, 7) is 4.85. The topological polar surface area (TPSA) is 0 Å². The Labute approximate surface area is 329 Å². The van der Waals surface area contributed by atoms with Gasteiger partial charge >= 0.3 is 0 Å². The zero-order chi connectivity index (χ0) is 37.1. The van der Waals surface area contributed by atoms with Crippen LogP contribution in [0.2, 0.25) is 0 Å². The fourth-order valence-corrected chi connectivity index (χ4v) is 11.2. The van der Waals surface area contributed by atoms with Gasteiger partial charge in [0.1, 0.15) is 0 Å². The van der Waals surface area contributed by atoms with E-state index in [4.69, 9.17) is 0 Å². The van der Waals surface area contributed by atoms with Gasteiger partial charge in [-0.2, -0.15) is 0 Å². The maximum absolute atomic E-state index is 2.50. The number of fused-ring (bicyclic) bond motifs is 12. The molecule has 0 aliphatic heterocycles. The van der Waals surface area contributed by atoms with Crippen LogP contribution in [0.5, 0.6) is 0 Å². The first kappa shape index (κ1) is 31.8. The number of rotatable bonds is 3. The summed E-state index contributed by atoms with van der Waals surface area (Å²) in [5.41, 5.74) is 13.0. The van der Waals surface area contributed by atoms with Gasteiger partial charge in [0.2, 0.25) is 0 Å². The zero-order valence-electron chi connectivity index (χ0n) is 31.2. The quantitative estimate of drug-likeness (QED) is 0.159. The predicted molar refractivity (Wildman–Crippen MR) is 243 cm³/mol. The highest BCUT2D eigenvalue weighted by atomic mass is 32.1.